The van der Waals surface area contributed by atoms with E-state index in [1.165, 1.54) is 0 Å². The van der Waals surface area contributed by atoms with Gasteiger partial charge in [-0.2, -0.15) is 0 Å². The fourth-order valence-corrected chi connectivity index (χ4v) is 3.94. The molecule has 2 unspecified atom stereocenters. The highest BCUT2D eigenvalue weighted by atomic mass is 79.9. The Morgan fingerprint density at radius 3 is 2.26 bits per heavy atom. The van der Waals surface area contributed by atoms with Crippen molar-refractivity contribution in [2.45, 2.75) is 13.0 Å². The smallest absolute Gasteiger partial charge is 0.253 e. The molecular formula is C14H18Br2N2O. The van der Waals surface area contributed by atoms with Crippen molar-refractivity contribution in [3.63, 3.8) is 0 Å². The van der Waals surface area contributed by atoms with Crippen LogP contribution in [0.1, 0.15) is 17.3 Å². The second-order valence-electron chi connectivity index (χ2n) is 5.38. The first-order chi connectivity index (χ1) is 8.88. The number of nitrogens with zero attached hydrogens (tertiary/aromatic N) is 2. The Kier molecular flexibility index (Phi) is 4.69. The molecule has 0 radical (unpaired) electrons. The molecule has 2 atom stereocenters. The first-order valence-electron chi connectivity index (χ1n) is 6.30. The molecule has 0 N–H and O–H groups in total. The number of hydrogen-bond acceptors (Lipinski definition) is 2. The molecule has 0 spiro atoms. The van der Waals surface area contributed by atoms with E-state index in [9.17, 15) is 4.79 Å². The highest BCUT2D eigenvalue weighted by Crippen LogP contribution is 2.25. The van der Waals surface area contributed by atoms with Crippen LogP contribution in [0.3, 0.4) is 0 Å². The summed E-state index contributed by atoms with van der Waals surface area (Å²) >= 11 is 6.86. The number of carbonyl (C=O) groups is 1. The van der Waals surface area contributed by atoms with Gasteiger partial charge in [-0.25, -0.2) is 0 Å². The fraction of sp³-hybridized carbons (Fsp3) is 0.500. The van der Waals surface area contributed by atoms with Crippen molar-refractivity contribution in [2.24, 2.45) is 5.92 Å². The van der Waals surface area contributed by atoms with Gasteiger partial charge in [0, 0.05) is 33.6 Å². The van der Waals surface area contributed by atoms with Gasteiger partial charge in [0.25, 0.3) is 5.91 Å². The third-order valence-corrected chi connectivity index (χ3v) is 4.55. The van der Waals surface area contributed by atoms with Crippen LogP contribution in [0.25, 0.3) is 0 Å². The van der Waals surface area contributed by atoms with E-state index >= 15 is 0 Å². The Morgan fingerprint density at radius 2 is 1.79 bits per heavy atom. The number of hydrogen-bond donors (Lipinski definition) is 0. The summed E-state index contributed by atoms with van der Waals surface area (Å²) in [6.07, 6.45) is 0. The summed E-state index contributed by atoms with van der Waals surface area (Å²) in [5, 5.41) is 0. The normalized spacial score (nSPS) is 23.2. The lowest BCUT2D eigenvalue weighted by Crippen LogP contribution is -2.35. The SMILES string of the molecule is CC1CN(C(=O)c2cc(Br)cc(Br)c2)CC1N(C)C. The van der Waals surface area contributed by atoms with Crippen LogP contribution in [-0.4, -0.2) is 48.9 Å². The van der Waals surface area contributed by atoms with Gasteiger partial charge in [-0.1, -0.05) is 38.8 Å². The maximum absolute atomic E-state index is 12.5. The molecule has 2 rings (SSSR count). The number of likely N-dealkylation sites (N-methyl/N-ethyl adjacent to an activating group) is 1. The molecule has 1 aliphatic heterocycles. The molecule has 1 saturated heterocycles. The average molecular weight is 390 g/mol. The van der Waals surface area contributed by atoms with Crippen molar-refractivity contribution in [1.29, 1.82) is 0 Å². The standard InChI is InChI=1S/C14H18Br2N2O/c1-9-7-18(8-13(9)17(2)3)14(19)10-4-11(15)6-12(16)5-10/h4-6,9,13H,7-8H2,1-3H3. The zero-order valence-corrected chi connectivity index (χ0v) is 14.5. The van der Waals surface area contributed by atoms with Gasteiger partial charge in [0.2, 0.25) is 0 Å². The average Bonchev–Trinajstić information content (AvgIpc) is 2.69. The molecule has 104 valence electrons. The number of rotatable bonds is 2. The zero-order valence-electron chi connectivity index (χ0n) is 11.4. The third-order valence-electron chi connectivity index (χ3n) is 3.63. The first-order valence-corrected chi connectivity index (χ1v) is 7.89. The molecule has 3 nitrogen and oxygen atoms in total. The Balaban J connectivity index is 2.17. The predicted molar refractivity (Wildman–Crippen MR) is 84.4 cm³/mol. The van der Waals surface area contributed by atoms with Crippen molar-refractivity contribution in [1.82, 2.24) is 9.80 Å². The molecule has 1 aromatic rings. The third kappa shape index (κ3) is 3.38. The molecule has 1 heterocycles. The second kappa shape index (κ2) is 5.94. The lowest BCUT2D eigenvalue weighted by Gasteiger charge is -2.22. The highest BCUT2D eigenvalue weighted by molar-refractivity contribution is 9.11. The molecule has 0 saturated carbocycles. The fourth-order valence-electron chi connectivity index (χ4n) is 2.65. The number of amides is 1. The van der Waals surface area contributed by atoms with Crippen molar-refractivity contribution in [2.75, 3.05) is 27.2 Å². The minimum Gasteiger partial charge on any atom is -0.337 e. The van der Waals surface area contributed by atoms with Crippen molar-refractivity contribution in [3.8, 4) is 0 Å². The van der Waals surface area contributed by atoms with Gasteiger partial charge in [-0.3, -0.25) is 4.79 Å². The van der Waals surface area contributed by atoms with Gasteiger partial charge in [-0.05, 0) is 38.2 Å². The lowest BCUT2D eigenvalue weighted by atomic mass is 10.1. The van der Waals surface area contributed by atoms with Crippen LogP contribution in [0.15, 0.2) is 27.1 Å². The van der Waals surface area contributed by atoms with E-state index in [0.717, 1.165) is 27.6 Å². The van der Waals surface area contributed by atoms with E-state index in [2.05, 4.69) is 57.8 Å². The molecule has 1 fully saturated rings. The lowest BCUT2D eigenvalue weighted by molar-refractivity contribution is 0.0781. The summed E-state index contributed by atoms with van der Waals surface area (Å²) in [4.78, 5) is 16.7. The van der Waals surface area contributed by atoms with Gasteiger partial charge in [-0.15, -0.1) is 0 Å². The van der Waals surface area contributed by atoms with Gasteiger partial charge < -0.3 is 9.80 Å². The Labute approximate surface area is 131 Å². The molecule has 1 aromatic carbocycles. The first kappa shape index (κ1) is 15.0. The molecule has 1 amide bonds. The summed E-state index contributed by atoms with van der Waals surface area (Å²) < 4.78 is 1.84. The van der Waals surface area contributed by atoms with Crippen LogP contribution >= 0.6 is 31.9 Å². The maximum atomic E-state index is 12.5. The summed E-state index contributed by atoms with van der Waals surface area (Å²) in [6, 6.07) is 6.13. The quantitative estimate of drug-likeness (QED) is 0.775. The van der Waals surface area contributed by atoms with Crippen LogP contribution in [-0.2, 0) is 0 Å². The van der Waals surface area contributed by atoms with Crippen LogP contribution in [0.2, 0.25) is 0 Å². The Morgan fingerprint density at radius 1 is 1.21 bits per heavy atom. The van der Waals surface area contributed by atoms with Gasteiger partial charge >= 0.3 is 0 Å². The monoisotopic (exact) mass is 388 g/mol. The molecule has 5 heteroatoms. The Hall–Kier alpha value is -0.390. The van der Waals surface area contributed by atoms with Gasteiger partial charge in [0.05, 0.1) is 0 Å². The van der Waals surface area contributed by atoms with Crippen molar-refractivity contribution >= 4 is 37.8 Å². The number of likely N-dealkylation sites (tertiary alicyclic amines) is 1. The molecule has 19 heavy (non-hydrogen) atoms. The molecule has 0 bridgehead atoms. The summed E-state index contributed by atoms with van der Waals surface area (Å²) in [5.41, 5.74) is 0.729. The van der Waals surface area contributed by atoms with E-state index in [1.807, 2.05) is 23.1 Å². The molecule has 0 aromatic heterocycles. The van der Waals surface area contributed by atoms with E-state index in [4.69, 9.17) is 0 Å². The van der Waals surface area contributed by atoms with E-state index in [0.29, 0.717) is 12.0 Å². The largest absolute Gasteiger partial charge is 0.337 e. The van der Waals surface area contributed by atoms with Gasteiger partial charge in [0.1, 0.15) is 0 Å². The molecule has 0 aliphatic carbocycles. The molecule has 1 aliphatic rings. The van der Waals surface area contributed by atoms with Gasteiger partial charge in [0.15, 0.2) is 0 Å². The van der Waals surface area contributed by atoms with Crippen LogP contribution in [0, 0.1) is 5.92 Å². The summed E-state index contributed by atoms with van der Waals surface area (Å²) in [7, 11) is 4.15. The number of halogens is 2. The van der Waals surface area contributed by atoms with Crippen molar-refractivity contribution < 1.29 is 4.79 Å². The minimum absolute atomic E-state index is 0.109. The summed E-state index contributed by atoms with van der Waals surface area (Å²) in [6.45, 7) is 3.83. The highest BCUT2D eigenvalue weighted by Gasteiger charge is 2.33. The minimum atomic E-state index is 0.109. The number of carbonyl (C=O) groups excluding carboxylic acids is 1. The summed E-state index contributed by atoms with van der Waals surface area (Å²) in [5.74, 6) is 0.618. The molecular weight excluding hydrogens is 372 g/mol. The second-order valence-corrected chi connectivity index (χ2v) is 7.21. The zero-order chi connectivity index (χ0) is 14.2. The maximum Gasteiger partial charge on any atom is 0.253 e. The Bertz CT molecular complexity index is 470. The van der Waals surface area contributed by atoms with E-state index in [-0.39, 0.29) is 5.91 Å². The van der Waals surface area contributed by atoms with Crippen LogP contribution in [0.4, 0.5) is 0 Å². The van der Waals surface area contributed by atoms with Crippen molar-refractivity contribution in [3.05, 3.63) is 32.7 Å². The van der Waals surface area contributed by atoms with Crippen LogP contribution < -0.4 is 0 Å². The van der Waals surface area contributed by atoms with Crippen LogP contribution in [0.5, 0.6) is 0 Å². The number of benzene rings is 1. The van der Waals surface area contributed by atoms with E-state index in [1.54, 1.807) is 0 Å². The predicted octanol–water partition coefficient (Wildman–Crippen LogP) is 3.23. The van der Waals surface area contributed by atoms with E-state index < -0.39 is 0 Å². The topological polar surface area (TPSA) is 23.6 Å².